The predicted octanol–water partition coefficient (Wildman–Crippen LogP) is 19.5. The lowest BCUT2D eigenvalue weighted by atomic mass is 10.0. The van der Waals surface area contributed by atoms with Crippen LogP contribution in [0.25, 0.3) is 0 Å². The molecule has 0 amide bonds. The number of allylic oxidation sites excluding steroid dienone is 12. The highest BCUT2D eigenvalue weighted by Gasteiger charge is 2.26. The van der Waals surface area contributed by atoms with Gasteiger partial charge >= 0.3 is 5.97 Å². The largest absolute Gasteiger partial charge is 0.459 e. The maximum absolute atomic E-state index is 13.2. The summed E-state index contributed by atoms with van der Waals surface area (Å²) in [4.78, 5) is 15.4. The van der Waals surface area contributed by atoms with Gasteiger partial charge < -0.3 is 19.1 Å². The van der Waals surface area contributed by atoms with Gasteiger partial charge in [0, 0.05) is 19.6 Å². The molecule has 0 aliphatic heterocycles. The van der Waals surface area contributed by atoms with Gasteiger partial charge in [-0.3, -0.25) is 4.79 Å². The Labute approximate surface area is 424 Å². The summed E-state index contributed by atoms with van der Waals surface area (Å²) in [5, 5.41) is 0. The first kappa shape index (κ1) is 65.8. The normalized spacial score (nSPS) is 13.4. The zero-order valence-corrected chi connectivity index (χ0v) is 46.1. The van der Waals surface area contributed by atoms with Gasteiger partial charge in [0.25, 0.3) is 0 Å². The molecule has 0 aromatic rings. The highest BCUT2D eigenvalue weighted by molar-refractivity contribution is 5.69. The molecule has 5 heteroatoms. The fourth-order valence-corrected chi connectivity index (χ4v) is 8.40. The highest BCUT2D eigenvalue weighted by Crippen LogP contribution is 2.19. The number of nitrogens with zero attached hydrogens (tertiary/aromatic N) is 1. The molecule has 0 radical (unpaired) electrons. The second kappa shape index (κ2) is 57.4. The number of unbranched alkanes of at least 4 members (excludes halogenated alkanes) is 27. The van der Waals surface area contributed by atoms with Crippen LogP contribution in [0.15, 0.2) is 72.9 Å². The Morgan fingerprint density at radius 2 is 0.750 bits per heavy atom. The molecule has 5 nitrogen and oxygen atoms in total. The summed E-state index contributed by atoms with van der Waals surface area (Å²) in [6, 6.07) is 0. The van der Waals surface area contributed by atoms with Crippen molar-refractivity contribution in [1.82, 2.24) is 4.90 Å². The van der Waals surface area contributed by atoms with E-state index in [2.05, 4.69) is 113 Å². The van der Waals surface area contributed by atoms with E-state index in [1.807, 2.05) is 0 Å². The van der Waals surface area contributed by atoms with Crippen LogP contribution < -0.4 is 0 Å². The van der Waals surface area contributed by atoms with E-state index in [1.54, 1.807) is 0 Å². The Kier molecular flexibility index (Phi) is 55.5. The first-order valence-electron chi connectivity index (χ1n) is 29.5. The van der Waals surface area contributed by atoms with E-state index >= 15 is 0 Å². The summed E-state index contributed by atoms with van der Waals surface area (Å²) < 4.78 is 19.3. The predicted molar refractivity (Wildman–Crippen MR) is 301 cm³/mol. The van der Waals surface area contributed by atoms with E-state index in [1.165, 1.54) is 193 Å². The Balaban J connectivity index is 4.94. The lowest BCUT2D eigenvalue weighted by Crippen LogP contribution is -2.38. The number of ether oxygens (including phenoxy) is 3. The van der Waals surface area contributed by atoms with Gasteiger partial charge in [0.1, 0.15) is 12.2 Å². The lowest BCUT2D eigenvalue weighted by molar-refractivity contribution is -0.162. The number of carbonyl (C=O) groups is 1. The van der Waals surface area contributed by atoms with E-state index in [4.69, 9.17) is 14.2 Å². The van der Waals surface area contributed by atoms with Crippen LogP contribution in [0.5, 0.6) is 0 Å². The average molecular weight is 951 g/mol. The van der Waals surface area contributed by atoms with Crippen LogP contribution in [0.3, 0.4) is 0 Å². The molecule has 0 saturated carbocycles. The zero-order valence-electron chi connectivity index (χ0n) is 46.1. The van der Waals surface area contributed by atoms with Crippen molar-refractivity contribution in [1.29, 1.82) is 0 Å². The van der Waals surface area contributed by atoms with Gasteiger partial charge in [-0.25, -0.2) is 0 Å². The highest BCUT2D eigenvalue weighted by atomic mass is 16.6. The fourth-order valence-electron chi connectivity index (χ4n) is 8.40. The van der Waals surface area contributed by atoms with Crippen LogP contribution >= 0.6 is 0 Å². The molecule has 0 fully saturated rings. The number of carbonyl (C=O) groups excluding carboxylic acids is 1. The molecule has 2 atom stereocenters. The molecule has 0 saturated heterocycles. The number of hydrogen-bond acceptors (Lipinski definition) is 5. The van der Waals surface area contributed by atoms with Gasteiger partial charge in [-0.15, -0.1) is 0 Å². The molecule has 396 valence electrons. The summed E-state index contributed by atoms with van der Waals surface area (Å²) in [6.45, 7) is 9.62. The van der Waals surface area contributed by atoms with Gasteiger partial charge in [-0.1, -0.05) is 209 Å². The van der Waals surface area contributed by atoms with E-state index in [9.17, 15) is 4.79 Å². The third kappa shape index (κ3) is 53.1. The van der Waals surface area contributed by atoms with Gasteiger partial charge in [-0.05, 0) is 149 Å². The molecule has 0 aromatic heterocycles. The maximum atomic E-state index is 13.2. The van der Waals surface area contributed by atoms with Crippen LogP contribution in [0.1, 0.15) is 271 Å². The van der Waals surface area contributed by atoms with Crippen LogP contribution in [0.2, 0.25) is 0 Å². The summed E-state index contributed by atoms with van der Waals surface area (Å²) in [5.41, 5.74) is 0. The van der Waals surface area contributed by atoms with Gasteiger partial charge in [0.05, 0.1) is 6.61 Å². The Morgan fingerprint density at radius 3 is 1.15 bits per heavy atom. The van der Waals surface area contributed by atoms with Crippen molar-refractivity contribution in [2.45, 2.75) is 283 Å². The Morgan fingerprint density at radius 1 is 0.397 bits per heavy atom. The average Bonchev–Trinajstić information content (AvgIpc) is 3.33. The minimum atomic E-state index is -0.256. The standard InChI is InChI=1S/C63H115NO4/c1-6-9-12-15-18-21-24-27-30-33-36-39-42-45-48-51-55-61(68-63(65)56-54-57-64(4)5)62(67-59-53-50-47-44-41-38-35-32-29-26-23-20-17-14-11-8-3)60-66-58-52-49-46-43-40-37-34-31-28-25-22-19-16-13-10-7-2/h18-23,27-32,61-62H,6-17,24-26,33-60H2,1-5H3. The van der Waals surface area contributed by atoms with Gasteiger partial charge in [-0.2, -0.15) is 0 Å². The van der Waals surface area contributed by atoms with Crippen LogP contribution in [0, 0.1) is 0 Å². The first-order chi connectivity index (χ1) is 33.5. The van der Waals surface area contributed by atoms with Crippen LogP contribution in [-0.4, -0.2) is 63.5 Å². The summed E-state index contributed by atoms with van der Waals surface area (Å²) >= 11 is 0. The monoisotopic (exact) mass is 950 g/mol. The Hall–Kier alpha value is -2.21. The van der Waals surface area contributed by atoms with E-state index in [0.29, 0.717) is 19.6 Å². The molecular formula is C63H115NO4. The van der Waals surface area contributed by atoms with Crippen molar-refractivity contribution in [2.24, 2.45) is 0 Å². The minimum Gasteiger partial charge on any atom is -0.459 e. The molecule has 0 aliphatic rings. The molecule has 0 spiro atoms. The van der Waals surface area contributed by atoms with Crippen molar-refractivity contribution in [2.75, 3.05) is 40.5 Å². The van der Waals surface area contributed by atoms with E-state index < -0.39 is 0 Å². The minimum absolute atomic E-state index is 0.0932. The summed E-state index contributed by atoms with van der Waals surface area (Å²) in [6.07, 6.45) is 74.0. The van der Waals surface area contributed by atoms with Crippen molar-refractivity contribution >= 4 is 5.97 Å². The summed E-state index contributed by atoms with van der Waals surface area (Å²) in [7, 11) is 4.12. The molecular weight excluding hydrogens is 835 g/mol. The molecule has 0 aliphatic carbocycles. The van der Waals surface area contributed by atoms with Crippen molar-refractivity contribution < 1.29 is 19.0 Å². The molecule has 0 aromatic carbocycles. The fraction of sp³-hybridized carbons (Fsp3) is 0.794. The van der Waals surface area contributed by atoms with Crippen molar-refractivity contribution in [3.8, 4) is 0 Å². The molecule has 68 heavy (non-hydrogen) atoms. The van der Waals surface area contributed by atoms with E-state index in [-0.39, 0.29) is 18.2 Å². The molecule has 0 N–H and O–H groups in total. The first-order valence-corrected chi connectivity index (χ1v) is 29.5. The van der Waals surface area contributed by atoms with E-state index in [0.717, 1.165) is 64.5 Å². The maximum Gasteiger partial charge on any atom is 0.306 e. The van der Waals surface area contributed by atoms with Gasteiger partial charge in [0.15, 0.2) is 0 Å². The third-order valence-corrected chi connectivity index (χ3v) is 12.8. The lowest BCUT2D eigenvalue weighted by Gasteiger charge is -2.28. The second-order valence-electron chi connectivity index (χ2n) is 20.0. The SMILES string of the molecule is CCCCCC=CCC=CCCCCCCCCOCC(OCCCCCCCCC=CCC=CCCCCC)C(CCCCCCCCC=CCC=CCCCCC)OC(=O)CCCN(C)C. The van der Waals surface area contributed by atoms with Crippen molar-refractivity contribution in [3.05, 3.63) is 72.9 Å². The quantitative estimate of drug-likeness (QED) is 0.0345. The number of esters is 1. The topological polar surface area (TPSA) is 48.0 Å². The molecule has 0 rings (SSSR count). The zero-order chi connectivity index (χ0) is 49.3. The van der Waals surface area contributed by atoms with Gasteiger partial charge in [0.2, 0.25) is 0 Å². The molecule has 0 bridgehead atoms. The second-order valence-corrected chi connectivity index (χ2v) is 20.0. The van der Waals surface area contributed by atoms with Crippen molar-refractivity contribution in [3.63, 3.8) is 0 Å². The molecule has 2 unspecified atom stereocenters. The van der Waals surface area contributed by atoms with Crippen LogP contribution in [-0.2, 0) is 19.0 Å². The summed E-state index contributed by atoms with van der Waals surface area (Å²) in [5.74, 6) is -0.0932. The van der Waals surface area contributed by atoms with Crippen LogP contribution in [0.4, 0.5) is 0 Å². The molecule has 0 heterocycles. The third-order valence-electron chi connectivity index (χ3n) is 12.8. The Bertz CT molecular complexity index is 1180. The smallest absolute Gasteiger partial charge is 0.306 e. The number of hydrogen-bond donors (Lipinski definition) is 0. The number of rotatable bonds is 54.